The number of nitrogens with zero attached hydrogens (tertiary/aromatic N) is 5. The molecular weight excluding hydrogens is 272 g/mol. The number of hydrogen-bond donors (Lipinski definition) is 1. The maximum atomic E-state index is 12.4. The van der Waals surface area contributed by atoms with E-state index >= 15 is 0 Å². The van der Waals surface area contributed by atoms with E-state index in [1.807, 2.05) is 13.8 Å². The number of aromatic amines is 1. The van der Waals surface area contributed by atoms with E-state index in [0.29, 0.717) is 37.7 Å². The normalized spacial score (nSPS) is 14.3. The zero-order valence-electron chi connectivity index (χ0n) is 12.2. The molecule has 0 saturated heterocycles. The van der Waals surface area contributed by atoms with Crippen LogP contribution in [0.4, 0.5) is 0 Å². The van der Waals surface area contributed by atoms with Gasteiger partial charge in [-0.15, -0.1) is 0 Å². The van der Waals surface area contributed by atoms with Crippen LogP contribution in [0.5, 0.6) is 0 Å². The molecule has 3 rings (SSSR count). The molecule has 112 valence electrons. The monoisotopic (exact) mass is 290 g/mol. The van der Waals surface area contributed by atoms with Crippen molar-refractivity contribution in [2.45, 2.75) is 39.9 Å². The highest BCUT2D eigenvalue weighted by atomic mass is 16.2. The molecule has 2 aromatic heterocycles. The number of rotatable bonds is 3. The Morgan fingerprint density at radius 2 is 2.24 bits per heavy atom. The minimum Gasteiger partial charge on any atom is -0.328 e. The fourth-order valence-electron chi connectivity index (χ4n) is 2.52. The van der Waals surface area contributed by atoms with Gasteiger partial charge in [0.1, 0.15) is 5.69 Å². The van der Waals surface area contributed by atoms with Gasteiger partial charge in [0.25, 0.3) is 5.91 Å². The summed E-state index contributed by atoms with van der Waals surface area (Å²) in [5, 5.41) is 11.1. The fourth-order valence-corrected chi connectivity index (χ4v) is 2.52. The summed E-state index contributed by atoms with van der Waals surface area (Å²) in [7, 11) is 0. The molecule has 1 N–H and O–H groups in total. The molecule has 0 unspecified atom stereocenters. The quantitative estimate of drug-likeness (QED) is 0.871. The van der Waals surface area contributed by atoms with E-state index in [1.54, 1.807) is 15.5 Å². The first kappa shape index (κ1) is 13.6. The van der Waals surface area contributed by atoms with Crippen LogP contribution >= 0.6 is 0 Å². The molecule has 2 aromatic rings. The average Bonchev–Trinajstić information content (AvgIpc) is 3.03. The van der Waals surface area contributed by atoms with E-state index in [9.17, 15) is 9.59 Å². The highest BCUT2D eigenvalue weighted by Crippen LogP contribution is 2.12. The van der Waals surface area contributed by atoms with Crippen LogP contribution in [-0.2, 0) is 19.6 Å². The third kappa shape index (κ3) is 2.37. The standard InChI is InChI=1S/C13H18N6O2/c1-3-4-19-13(21)18-6-5-17(8-11(18)16-19)12(20)10-7-9(2)14-15-10/h7H,3-6,8H2,1-2H3,(H,14,15). The number of fused-ring (bicyclic) bond motifs is 1. The van der Waals surface area contributed by atoms with Crippen molar-refractivity contribution in [3.05, 3.63) is 33.8 Å². The minimum absolute atomic E-state index is 0.0884. The van der Waals surface area contributed by atoms with E-state index in [0.717, 1.165) is 12.1 Å². The lowest BCUT2D eigenvalue weighted by Crippen LogP contribution is -2.41. The maximum absolute atomic E-state index is 12.4. The Bertz CT molecular complexity index is 725. The third-order valence-corrected chi connectivity index (χ3v) is 3.57. The van der Waals surface area contributed by atoms with Gasteiger partial charge in [0, 0.05) is 25.3 Å². The van der Waals surface area contributed by atoms with Gasteiger partial charge in [-0.2, -0.15) is 10.2 Å². The van der Waals surface area contributed by atoms with Crippen LogP contribution in [0.3, 0.4) is 0 Å². The molecule has 0 aliphatic carbocycles. The van der Waals surface area contributed by atoms with Gasteiger partial charge < -0.3 is 4.90 Å². The molecule has 1 amide bonds. The van der Waals surface area contributed by atoms with Gasteiger partial charge in [0.15, 0.2) is 5.82 Å². The molecule has 0 radical (unpaired) electrons. The molecule has 1 aliphatic heterocycles. The summed E-state index contributed by atoms with van der Waals surface area (Å²) in [4.78, 5) is 26.1. The minimum atomic E-state index is -0.136. The van der Waals surface area contributed by atoms with Crippen LogP contribution < -0.4 is 5.69 Å². The Morgan fingerprint density at radius 3 is 2.90 bits per heavy atom. The number of H-pyrrole nitrogens is 1. The number of amides is 1. The summed E-state index contributed by atoms with van der Waals surface area (Å²) in [6.07, 6.45) is 0.853. The van der Waals surface area contributed by atoms with Crippen LogP contribution in [0, 0.1) is 6.92 Å². The topological polar surface area (TPSA) is 88.8 Å². The Morgan fingerprint density at radius 1 is 1.43 bits per heavy atom. The van der Waals surface area contributed by atoms with Crippen molar-refractivity contribution in [3.63, 3.8) is 0 Å². The first-order valence-corrected chi connectivity index (χ1v) is 7.08. The molecule has 3 heterocycles. The summed E-state index contributed by atoms with van der Waals surface area (Å²) in [5.41, 5.74) is 1.16. The van der Waals surface area contributed by atoms with E-state index < -0.39 is 0 Å². The Kier molecular flexibility index (Phi) is 3.36. The van der Waals surface area contributed by atoms with Crippen molar-refractivity contribution in [2.75, 3.05) is 6.54 Å². The van der Waals surface area contributed by atoms with Crippen molar-refractivity contribution in [1.82, 2.24) is 29.4 Å². The number of aryl methyl sites for hydroxylation is 2. The zero-order valence-corrected chi connectivity index (χ0v) is 12.2. The summed E-state index contributed by atoms with van der Waals surface area (Å²) in [6, 6.07) is 1.72. The van der Waals surface area contributed by atoms with Crippen LogP contribution in [-0.4, -0.2) is 41.9 Å². The highest BCUT2D eigenvalue weighted by Gasteiger charge is 2.26. The SMILES string of the molecule is CCCn1nc2n(c1=O)CCN(C(=O)c1cc(C)[nH]n1)C2. The molecule has 8 nitrogen and oxygen atoms in total. The molecule has 0 spiro atoms. The van der Waals surface area contributed by atoms with Crippen molar-refractivity contribution < 1.29 is 4.79 Å². The lowest BCUT2D eigenvalue weighted by Gasteiger charge is -2.25. The smallest absolute Gasteiger partial charge is 0.328 e. The van der Waals surface area contributed by atoms with E-state index in [2.05, 4.69) is 15.3 Å². The predicted octanol–water partition coefficient (Wildman–Crippen LogP) is 0.142. The second-order valence-corrected chi connectivity index (χ2v) is 5.24. The van der Waals surface area contributed by atoms with Crippen molar-refractivity contribution in [1.29, 1.82) is 0 Å². The van der Waals surface area contributed by atoms with Gasteiger partial charge in [-0.1, -0.05) is 6.92 Å². The number of hydrogen-bond acceptors (Lipinski definition) is 4. The summed E-state index contributed by atoms with van der Waals surface area (Å²) >= 11 is 0. The van der Waals surface area contributed by atoms with Gasteiger partial charge in [0.2, 0.25) is 0 Å². The number of nitrogens with one attached hydrogen (secondary N) is 1. The maximum Gasteiger partial charge on any atom is 0.346 e. The largest absolute Gasteiger partial charge is 0.346 e. The van der Waals surface area contributed by atoms with Crippen LogP contribution in [0.2, 0.25) is 0 Å². The van der Waals surface area contributed by atoms with E-state index in [-0.39, 0.29) is 11.6 Å². The van der Waals surface area contributed by atoms with Crippen LogP contribution in [0.15, 0.2) is 10.9 Å². The molecular formula is C13H18N6O2. The van der Waals surface area contributed by atoms with E-state index in [1.165, 1.54) is 4.68 Å². The molecule has 0 atom stereocenters. The number of aromatic nitrogens is 5. The van der Waals surface area contributed by atoms with Gasteiger partial charge in [0.05, 0.1) is 6.54 Å². The third-order valence-electron chi connectivity index (χ3n) is 3.57. The molecule has 1 aliphatic rings. The second-order valence-electron chi connectivity index (χ2n) is 5.24. The first-order chi connectivity index (χ1) is 10.1. The predicted molar refractivity (Wildman–Crippen MR) is 74.8 cm³/mol. The Balaban J connectivity index is 1.83. The van der Waals surface area contributed by atoms with Crippen LogP contribution in [0.1, 0.15) is 35.4 Å². The lowest BCUT2D eigenvalue weighted by molar-refractivity contribution is 0.0700. The van der Waals surface area contributed by atoms with Crippen LogP contribution in [0.25, 0.3) is 0 Å². The average molecular weight is 290 g/mol. The van der Waals surface area contributed by atoms with Crippen molar-refractivity contribution in [2.24, 2.45) is 0 Å². The van der Waals surface area contributed by atoms with Crippen molar-refractivity contribution in [3.8, 4) is 0 Å². The molecule has 0 aromatic carbocycles. The van der Waals surface area contributed by atoms with Gasteiger partial charge in [-0.25, -0.2) is 9.48 Å². The van der Waals surface area contributed by atoms with Gasteiger partial charge >= 0.3 is 5.69 Å². The van der Waals surface area contributed by atoms with E-state index in [4.69, 9.17) is 0 Å². The number of carbonyl (C=O) groups excluding carboxylic acids is 1. The zero-order chi connectivity index (χ0) is 15.0. The highest BCUT2D eigenvalue weighted by molar-refractivity contribution is 5.92. The van der Waals surface area contributed by atoms with Gasteiger partial charge in [-0.3, -0.25) is 14.5 Å². The summed E-state index contributed by atoms with van der Waals surface area (Å²) < 4.78 is 3.12. The number of carbonyl (C=O) groups is 1. The van der Waals surface area contributed by atoms with Gasteiger partial charge in [-0.05, 0) is 19.4 Å². The molecule has 0 saturated carbocycles. The summed E-state index contributed by atoms with van der Waals surface area (Å²) in [6.45, 7) is 5.77. The molecule has 21 heavy (non-hydrogen) atoms. The molecule has 0 bridgehead atoms. The fraction of sp³-hybridized carbons (Fsp3) is 0.538. The lowest BCUT2D eigenvalue weighted by atomic mass is 10.3. The molecule has 8 heteroatoms. The first-order valence-electron chi connectivity index (χ1n) is 7.08. The summed E-state index contributed by atoms with van der Waals surface area (Å²) in [5.74, 6) is 0.503. The second kappa shape index (κ2) is 5.19. The van der Waals surface area contributed by atoms with Crippen molar-refractivity contribution >= 4 is 5.91 Å². The Labute approximate surface area is 121 Å². The Hall–Kier alpha value is -2.38. The molecule has 0 fully saturated rings.